The molecule has 24 heavy (non-hydrogen) atoms. The Morgan fingerprint density at radius 3 is 2.75 bits per heavy atom. The number of rotatable bonds is 2. The minimum Gasteiger partial charge on any atom is -0.545 e. The predicted octanol–water partition coefficient (Wildman–Crippen LogP) is 3.32. The molecule has 3 nitrogen and oxygen atoms in total. The van der Waals surface area contributed by atoms with Gasteiger partial charge in [0.15, 0.2) is 0 Å². The lowest BCUT2D eigenvalue weighted by atomic mass is 9.76. The molecule has 2 aliphatic rings. The summed E-state index contributed by atoms with van der Waals surface area (Å²) in [7, 11) is 0. The zero-order valence-corrected chi connectivity index (χ0v) is 13.3. The summed E-state index contributed by atoms with van der Waals surface area (Å²) in [6.45, 7) is 1.77. The van der Waals surface area contributed by atoms with Crippen LogP contribution in [0.2, 0.25) is 0 Å². The van der Waals surface area contributed by atoms with Crippen molar-refractivity contribution >= 4 is 11.7 Å². The lowest BCUT2D eigenvalue weighted by Crippen LogP contribution is -2.31. The molecule has 2 aromatic rings. The molecule has 0 amide bonds. The minimum absolute atomic E-state index is 0.167. The fourth-order valence-corrected chi connectivity index (χ4v) is 4.07. The van der Waals surface area contributed by atoms with Gasteiger partial charge in [0, 0.05) is 22.7 Å². The van der Waals surface area contributed by atoms with E-state index >= 15 is 0 Å². The van der Waals surface area contributed by atoms with Gasteiger partial charge < -0.3 is 15.2 Å². The van der Waals surface area contributed by atoms with E-state index in [0.29, 0.717) is 11.1 Å². The van der Waals surface area contributed by atoms with Crippen molar-refractivity contribution in [3.05, 3.63) is 76.6 Å². The average molecular weight is 322 g/mol. The summed E-state index contributed by atoms with van der Waals surface area (Å²) in [4.78, 5) is 11.3. The van der Waals surface area contributed by atoms with Crippen molar-refractivity contribution in [2.45, 2.75) is 25.3 Å². The number of allylic oxidation sites excluding steroid dienone is 2. The van der Waals surface area contributed by atoms with Gasteiger partial charge in [0.05, 0.1) is 12.0 Å². The van der Waals surface area contributed by atoms with Gasteiger partial charge in [-0.15, -0.1) is 0 Å². The van der Waals surface area contributed by atoms with Crippen molar-refractivity contribution in [2.75, 3.05) is 5.32 Å². The Kier molecular flexibility index (Phi) is 3.41. The largest absolute Gasteiger partial charge is 0.545 e. The highest BCUT2D eigenvalue weighted by Gasteiger charge is 2.39. The third-order valence-electron chi connectivity index (χ3n) is 5.26. The molecule has 4 heteroatoms. The van der Waals surface area contributed by atoms with Gasteiger partial charge in [0.2, 0.25) is 0 Å². The first kappa shape index (κ1) is 14.9. The van der Waals surface area contributed by atoms with Gasteiger partial charge in [0.1, 0.15) is 5.82 Å². The van der Waals surface area contributed by atoms with Gasteiger partial charge in [-0.05, 0) is 36.5 Å². The Balaban J connectivity index is 1.87. The zero-order chi connectivity index (χ0) is 16.8. The van der Waals surface area contributed by atoms with Crippen molar-refractivity contribution in [1.29, 1.82) is 0 Å². The second-order valence-corrected chi connectivity index (χ2v) is 6.49. The normalized spacial score (nSPS) is 24.2. The monoisotopic (exact) mass is 322 g/mol. The van der Waals surface area contributed by atoms with E-state index in [0.717, 1.165) is 17.7 Å². The molecule has 0 aromatic heterocycles. The summed E-state index contributed by atoms with van der Waals surface area (Å²) in [5, 5.41) is 14.7. The topological polar surface area (TPSA) is 52.2 Å². The average Bonchev–Trinajstić information content (AvgIpc) is 3.05. The third kappa shape index (κ3) is 2.13. The van der Waals surface area contributed by atoms with Crippen LogP contribution in [0.25, 0.3) is 0 Å². The highest BCUT2D eigenvalue weighted by molar-refractivity contribution is 5.90. The van der Waals surface area contributed by atoms with E-state index < -0.39 is 5.97 Å². The number of hydrogen-bond acceptors (Lipinski definition) is 3. The molecule has 0 bridgehead atoms. The summed E-state index contributed by atoms with van der Waals surface area (Å²) in [5.41, 5.74) is 3.31. The van der Waals surface area contributed by atoms with E-state index in [2.05, 4.69) is 17.5 Å². The molecule has 1 aliphatic heterocycles. The van der Waals surface area contributed by atoms with Gasteiger partial charge in [-0.2, -0.15) is 0 Å². The number of fused-ring (bicyclic) bond motifs is 3. The Morgan fingerprint density at radius 1 is 1.21 bits per heavy atom. The number of anilines is 1. The van der Waals surface area contributed by atoms with Crippen molar-refractivity contribution in [3.8, 4) is 0 Å². The molecule has 1 N–H and O–H groups in total. The maximum Gasteiger partial charge on any atom is 0.128 e. The molecule has 0 radical (unpaired) electrons. The molecule has 0 fully saturated rings. The van der Waals surface area contributed by atoms with Crippen LogP contribution in [0.3, 0.4) is 0 Å². The summed E-state index contributed by atoms with van der Waals surface area (Å²) in [5.74, 6) is -1.04. The first-order chi connectivity index (χ1) is 11.6. The minimum atomic E-state index is -1.19. The highest BCUT2D eigenvalue weighted by Crippen LogP contribution is 2.51. The number of carbonyl (C=O) groups is 1. The summed E-state index contributed by atoms with van der Waals surface area (Å²) < 4.78 is 14.4. The van der Waals surface area contributed by atoms with Crippen molar-refractivity contribution in [3.63, 3.8) is 0 Å². The van der Waals surface area contributed by atoms with Crippen LogP contribution in [0.4, 0.5) is 10.1 Å². The lowest BCUT2D eigenvalue weighted by Gasteiger charge is -2.39. The number of benzene rings is 2. The van der Waals surface area contributed by atoms with Crippen LogP contribution < -0.4 is 10.4 Å². The summed E-state index contributed by atoms with van der Waals surface area (Å²) >= 11 is 0. The molecule has 3 atom stereocenters. The number of carboxylic acid groups (broad SMARTS) is 1. The number of hydrogen-bond donors (Lipinski definition) is 1. The van der Waals surface area contributed by atoms with E-state index in [1.54, 1.807) is 25.1 Å². The van der Waals surface area contributed by atoms with E-state index in [9.17, 15) is 14.3 Å². The number of carboxylic acids is 1. The molecule has 122 valence electrons. The number of halogens is 1. The van der Waals surface area contributed by atoms with Crippen LogP contribution in [0.1, 0.15) is 45.4 Å². The second kappa shape index (κ2) is 5.48. The summed E-state index contributed by atoms with van der Waals surface area (Å²) in [6, 6.07) is 10.1. The molecule has 0 saturated heterocycles. The van der Waals surface area contributed by atoms with Gasteiger partial charge in [-0.25, -0.2) is 4.39 Å². The third-order valence-corrected chi connectivity index (χ3v) is 5.26. The SMILES string of the molecule is Cc1c(C(=O)[O-])ccc2c1NC(c1ccccc1F)C1CC=CC21. The van der Waals surface area contributed by atoms with Crippen LogP contribution in [0, 0.1) is 18.7 Å². The maximum absolute atomic E-state index is 14.4. The molecule has 2 aromatic carbocycles. The van der Waals surface area contributed by atoms with E-state index in [1.165, 1.54) is 6.07 Å². The molecule has 0 spiro atoms. The number of nitrogens with one attached hydrogen (secondary N) is 1. The van der Waals surface area contributed by atoms with Crippen molar-refractivity contribution < 1.29 is 14.3 Å². The van der Waals surface area contributed by atoms with Crippen LogP contribution in [-0.2, 0) is 0 Å². The number of aromatic carboxylic acids is 1. The fraction of sp³-hybridized carbons (Fsp3) is 0.250. The Hall–Kier alpha value is -2.62. The Labute approximate surface area is 139 Å². The molecule has 3 unspecified atom stereocenters. The molecule has 1 heterocycles. The first-order valence-electron chi connectivity index (χ1n) is 8.10. The molecule has 0 saturated carbocycles. The van der Waals surface area contributed by atoms with E-state index in [-0.39, 0.29) is 29.3 Å². The van der Waals surface area contributed by atoms with Gasteiger partial charge in [0.25, 0.3) is 0 Å². The van der Waals surface area contributed by atoms with Crippen molar-refractivity contribution in [1.82, 2.24) is 0 Å². The maximum atomic E-state index is 14.4. The molecule has 1 aliphatic carbocycles. The quantitative estimate of drug-likeness (QED) is 0.863. The standard InChI is InChI=1S/C20H18FNO2/c1-11-12(20(23)24)9-10-15-13-6-4-7-14(13)19(22-18(11)15)16-5-2-3-8-17(16)21/h2-6,8-10,13-14,19,22H,7H2,1H3,(H,23,24)/p-1. The molecular weight excluding hydrogens is 305 g/mol. The van der Waals surface area contributed by atoms with E-state index in [4.69, 9.17) is 0 Å². The van der Waals surface area contributed by atoms with Crippen molar-refractivity contribution in [2.24, 2.45) is 5.92 Å². The Bertz CT molecular complexity index is 859. The van der Waals surface area contributed by atoms with Crippen LogP contribution in [0.5, 0.6) is 0 Å². The fourth-order valence-electron chi connectivity index (χ4n) is 4.07. The van der Waals surface area contributed by atoms with Gasteiger partial charge in [-0.1, -0.05) is 42.5 Å². The molecule has 4 rings (SSSR count). The predicted molar refractivity (Wildman–Crippen MR) is 88.3 cm³/mol. The van der Waals surface area contributed by atoms with Crippen LogP contribution in [-0.4, -0.2) is 5.97 Å². The smallest absolute Gasteiger partial charge is 0.128 e. The van der Waals surface area contributed by atoms with Crippen LogP contribution >= 0.6 is 0 Å². The summed E-state index contributed by atoms with van der Waals surface area (Å²) in [6.07, 6.45) is 5.15. The Morgan fingerprint density at radius 2 is 2.00 bits per heavy atom. The van der Waals surface area contributed by atoms with E-state index in [1.807, 2.05) is 12.1 Å². The van der Waals surface area contributed by atoms with Gasteiger partial charge in [-0.3, -0.25) is 0 Å². The second-order valence-electron chi connectivity index (χ2n) is 6.49. The van der Waals surface area contributed by atoms with Gasteiger partial charge >= 0.3 is 0 Å². The van der Waals surface area contributed by atoms with Crippen LogP contribution in [0.15, 0.2) is 48.6 Å². The lowest BCUT2D eigenvalue weighted by molar-refractivity contribution is -0.255. The zero-order valence-electron chi connectivity index (χ0n) is 13.3. The number of carbonyl (C=O) groups excluding carboxylic acids is 1. The highest BCUT2D eigenvalue weighted by atomic mass is 19.1. The first-order valence-corrected chi connectivity index (χ1v) is 8.10. The molecular formula is C20H17FNO2-.